The van der Waals surface area contributed by atoms with E-state index in [1.54, 1.807) is 30.5 Å². The highest BCUT2D eigenvalue weighted by Gasteiger charge is 2.14. The summed E-state index contributed by atoms with van der Waals surface area (Å²) in [7, 11) is -2.14. The third-order valence-corrected chi connectivity index (χ3v) is 4.68. The summed E-state index contributed by atoms with van der Waals surface area (Å²) < 4.78 is 31.6. The molecule has 0 fully saturated rings. The zero-order chi connectivity index (χ0) is 17.4. The second-order valence-electron chi connectivity index (χ2n) is 4.92. The maximum absolute atomic E-state index is 12.1. The molecule has 0 saturated heterocycles. The Labute approximate surface area is 141 Å². The van der Waals surface area contributed by atoms with E-state index in [9.17, 15) is 13.2 Å². The number of sulfonamides is 1. The fourth-order valence-electron chi connectivity index (χ4n) is 1.92. The van der Waals surface area contributed by atoms with E-state index in [0.717, 1.165) is 5.69 Å². The molecule has 1 aromatic heterocycles. The standard InChI is InChI=1S/C16H19N3O4S/c1-23-14-5-7-15(8-6-14)24(21,22)19-11-9-16(20)18-12-13-4-2-3-10-17-13/h2-8,10,19H,9,11-12H2,1H3,(H,18,20). The largest absolute Gasteiger partial charge is 0.497 e. The van der Waals surface area contributed by atoms with Gasteiger partial charge in [0.05, 0.1) is 24.2 Å². The number of amides is 1. The summed E-state index contributed by atoms with van der Waals surface area (Å²) in [5, 5.41) is 2.69. The smallest absolute Gasteiger partial charge is 0.240 e. The molecule has 2 aromatic rings. The molecule has 8 heteroatoms. The van der Waals surface area contributed by atoms with Crippen molar-refractivity contribution >= 4 is 15.9 Å². The van der Waals surface area contributed by atoms with Gasteiger partial charge in [-0.1, -0.05) is 6.07 Å². The van der Waals surface area contributed by atoms with Crippen molar-refractivity contribution < 1.29 is 17.9 Å². The lowest BCUT2D eigenvalue weighted by atomic mass is 10.3. The molecule has 24 heavy (non-hydrogen) atoms. The summed E-state index contributed by atoms with van der Waals surface area (Å²) in [6.07, 6.45) is 1.69. The number of hydrogen-bond donors (Lipinski definition) is 2. The van der Waals surface area contributed by atoms with Crippen molar-refractivity contribution in [2.24, 2.45) is 0 Å². The number of nitrogens with zero attached hydrogens (tertiary/aromatic N) is 1. The predicted octanol–water partition coefficient (Wildman–Crippen LogP) is 1.07. The van der Waals surface area contributed by atoms with Gasteiger partial charge in [-0.2, -0.15) is 0 Å². The maximum Gasteiger partial charge on any atom is 0.240 e. The molecule has 128 valence electrons. The number of ether oxygens (including phenoxy) is 1. The topological polar surface area (TPSA) is 97.4 Å². The van der Waals surface area contributed by atoms with Crippen LogP contribution in [0.4, 0.5) is 0 Å². The van der Waals surface area contributed by atoms with Crippen molar-refractivity contribution in [2.45, 2.75) is 17.9 Å². The Balaban J connectivity index is 1.78. The van der Waals surface area contributed by atoms with Crippen molar-refractivity contribution in [3.8, 4) is 5.75 Å². The summed E-state index contributed by atoms with van der Waals surface area (Å²) in [5.74, 6) is 0.320. The van der Waals surface area contributed by atoms with Gasteiger partial charge in [-0.15, -0.1) is 0 Å². The fraction of sp³-hybridized carbons (Fsp3) is 0.250. The highest BCUT2D eigenvalue weighted by Crippen LogP contribution is 2.15. The average molecular weight is 349 g/mol. The molecule has 2 rings (SSSR count). The Bertz CT molecular complexity index is 762. The lowest BCUT2D eigenvalue weighted by Gasteiger charge is -2.08. The molecule has 0 radical (unpaired) electrons. The van der Waals surface area contributed by atoms with Crippen molar-refractivity contribution in [1.29, 1.82) is 0 Å². The molecular weight excluding hydrogens is 330 g/mol. The number of carbonyl (C=O) groups is 1. The van der Waals surface area contributed by atoms with Crippen molar-refractivity contribution in [3.05, 3.63) is 54.4 Å². The van der Waals surface area contributed by atoms with Gasteiger partial charge in [0, 0.05) is 19.2 Å². The van der Waals surface area contributed by atoms with Gasteiger partial charge >= 0.3 is 0 Å². The third-order valence-electron chi connectivity index (χ3n) is 3.21. The Morgan fingerprint density at radius 2 is 1.92 bits per heavy atom. The first-order valence-electron chi connectivity index (χ1n) is 7.31. The Hall–Kier alpha value is -2.45. The van der Waals surface area contributed by atoms with Crippen LogP contribution < -0.4 is 14.8 Å². The summed E-state index contributed by atoms with van der Waals surface area (Å²) in [6, 6.07) is 11.4. The molecule has 0 unspecified atom stereocenters. The van der Waals surface area contributed by atoms with E-state index in [2.05, 4.69) is 15.0 Å². The maximum atomic E-state index is 12.1. The molecule has 0 saturated carbocycles. The van der Waals surface area contributed by atoms with Crippen molar-refractivity contribution in [2.75, 3.05) is 13.7 Å². The van der Waals surface area contributed by atoms with E-state index < -0.39 is 10.0 Å². The van der Waals surface area contributed by atoms with Gasteiger partial charge in [-0.25, -0.2) is 13.1 Å². The minimum absolute atomic E-state index is 0.0163. The first-order valence-corrected chi connectivity index (χ1v) is 8.80. The van der Waals surface area contributed by atoms with Gasteiger partial charge in [0.1, 0.15) is 5.75 Å². The predicted molar refractivity (Wildman–Crippen MR) is 88.9 cm³/mol. The van der Waals surface area contributed by atoms with Gasteiger partial charge in [0.2, 0.25) is 15.9 Å². The fourth-order valence-corrected chi connectivity index (χ4v) is 2.95. The number of methoxy groups -OCH3 is 1. The Morgan fingerprint density at radius 3 is 2.54 bits per heavy atom. The lowest BCUT2D eigenvalue weighted by Crippen LogP contribution is -2.30. The first kappa shape index (κ1) is 17.9. The molecule has 0 bridgehead atoms. The number of hydrogen-bond acceptors (Lipinski definition) is 5. The van der Waals surface area contributed by atoms with E-state index in [0.29, 0.717) is 12.3 Å². The highest BCUT2D eigenvalue weighted by molar-refractivity contribution is 7.89. The van der Waals surface area contributed by atoms with Gasteiger partial charge in [0.15, 0.2) is 0 Å². The van der Waals surface area contributed by atoms with Crippen LogP contribution in [0, 0.1) is 0 Å². The molecule has 0 aliphatic rings. The molecule has 2 N–H and O–H groups in total. The van der Waals surface area contributed by atoms with Crippen LogP contribution in [0.15, 0.2) is 53.6 Å². The van der Waals surface area contributed by atoms with Crippen LogP contribution in [0.25, 0.3) is 0 Å². The molecule has 0 atom stereocenters. The van der Waals surface area contributed by atoms with E-state index in [1.165, 1.54) is 19.2 Å². The van der Waals surface area contributed by atoms with Crippen LogP contribution in [-0.2, 0) is 21.4 Å². The Morgan fingerprint density at radius 1 is 1.17 bits per heavy atom. The number of nitrogens with one attached hydrogen (secondary N) is 2. The van der Waals surface area contributed by atoms with Crippen LogP contribution in [-0.4, -0.2) is 33.0 Å². The van der Waals surface area contributed by atoms with Crippen LogP contribution in [0.2, 0.25) is 0 Å². The second kappa shape index (κ2) is 8.42. The number of pyridine rings is 1. The average Bonchev–Trinajstić information content (AvgIpc) is 2.61. The number of benzene rings is 1. The van der Waals surface area contributed by atoms with Crippen molar-refractivity contribution in [3.63, 3.8) is 0 Å². The highest BCUT2D eigenvalue weighted by atomic mass is 32.2. The van der Waals surface area contributed by atoms with Crippen LogP contribution >= 0.6 is 0 Å². The molecular formula is C16H19N3O4S. The molecule has 7 nitrogen and oxygen atoms in total. The zero-order valence-corrected chi connectivity index (χ0v) is 14.0. The normalized spacial score (nSPS) is 11.0. The van der Waals surface area contributed by atoms with Gasteiger partial charge in [-0.3, -0.25) is 9.78 Å². The summed E-state index contributed by atoms with van der Waals surface area (Å²) in [6.45, 7) is 0.327. The van der Waals surface area contributed by atoms with Crippen molar-refractivity contribution in [1.82, 2.24) is 15.0 Å². The van der Waals surface area contributed by atoms with E-state index in [1.807, 2.05) is 6.07 Å². The second-order valence-corrected chi connectivity index (χ2v) is 6.69. The number of carbonyl (C=O) groups excluding carboxylic acids is 1. The lowest BCUT2D eigenvalue weighted by molar-refractivity contribution is -0.121. The zero-order valence-electron chi connectivity index (χ0n) is 13.2. The van der Waals surface area contributed by atoms with Crippen LogP contribution in [0.1, 0.15) is 12.1 Å². The summed E-state index contributed by atoms with van der Waals surface area (Å²) >= 11 is 0. The van der Waals surface area contributed by atoms with E-state index in [4.69, 9.17) is 4.74 Å². The van der Waals surface area contributed by atoms with Crippen LogP contribution in [0.5, 0.6) is 5.75 Å². The molecule has 1 heterocycles. The summed E-state index contributed by atoms with van der Waals surface area (Å²) in [4.78, 5) is 15.9. The molecule has 0 aliphatic carbocycles. The Kier molecular flexibility index (Phi) is 6.28. The first-order chi connectivity index (χ1) is 11.5. The van der Waals surface area contributed by atoms with E-state index >= 15 is 0 Å². The third kappa shape index (κ3) is 5.32. The molecule has 1 aromatic carbocycles. The minimum Gasteiger partial charge on any atom is -0.497 e. The number of rotatable bonds is 8. The summed E-state index contributed by atoms with van der Waals surface area (Å²) in [5.41, 5.74) is 0.740. The van der Waals surface area contributed by atoms with Crippen LogP contribution in [0.3, 0.4) is 0 Å². The van der Waals surface area contributed by atoms with Gasteiger partial charge in [0.25, 0.3) is 0 Å². The minimum atomic E-state index is -3.65. The number of aromatic nitrogens is 1. The SMILES string of the molecule is COc1ccc(S(=O)(=O)NCCC(=O)NCc2ccccn2)cc1. The molecule has 0 spiro atoms. The monoisotopic (exact) mass is 349 g/mol. The molecule has 1 amide bonds. The van der Waals surface area contributed by atoms with Gasteiger partial charge < -0.3 is 10.1 Å². The van der Waals surface area contributed by atoms with Gasteiger partial charge in [-0.05, 0) is 36.4 Å². The quantitative estimate of drug-likeness (QED) is 0.743. The molecule has 0 aliphatic heterocycles. The van der Waals surface area contributed by atoms with E-state index in [-0.39, 0.29) is 23.8 Å².